The van der Waals surface area contributed by atoms with E-state index < -0.39 is 0 Å². The van der Waals surface area contributed by atoms with Gasteiger partial charge in [0.15, 0.2) is 11.5 Å². The molecule has 4 aromatic rings. The minimum Gasteiger partial charge on any atom is -0.245 e. The van der Waals surface area contributed by atoms with E-state index in [4.69, 9.17) is 0 Å². The minimum absolute atomic E-state index is 0.131. The van der Waals surface area contributed by atoms with Crippen LogP contribution in [0.15, 0.2) is 42.0 Å². The van der Waals surface area contributed by atoms with Crippen molar-refractivity contribution in [2.24, 2.45) is 0 Å². The molecule has 0 amide bonds. The molecule has 0 aliphatic rings. The topological polar surface area (TPSA) is 56.0 Å². The zero-order chi connectivity index (χ0) is 13.5. The number of hydrogen-bond acceptors (Lipinski definition) is 5. The van der Waals surface area contributed by atoms with Crippen LogP contribution in [0.3, 0.4) is 0 Å². The minimum atomic E-state index is 0.131. The fourth-order valence-corrected chi connectivity index (χ4v) is 3.05. The average molecular weight is 281 g/mol. The Morgan fingerprint density at radius 2 is 2.15 bits per heavy atom. The Morgan fingerprint density at radius 1 is 1.20 bits per heavy atom. The maximum Gasteiger partial charge on any atom is 0.177 e. The Kier molecular flexibility index (Phi) is 2.50. The van der Waals surface area contributed by atoms with Crippen LogP contribution in [0.25, 0.3) is 15.9 Å². The molecule has 5 nitrogen and oxygen atoms in total. The first-order chi connectivity index (χ1) is 9.83. The van der Waals surface area contributed by atoms with Crippen LogP contribution in [0.5, 0.6) is 0 Å². The molecule has 0 N–H and O–H groups in total. The van der Waals surface area contributed by atoms with Crippen molar-refractivity contribution in [3.8, 4) is 0 Å². The summed E-state index contributed by atoms with van der Waals surface area (Å²) in [5.41, 5.74) is 4.87. The van der Waals surface area contributed by atoms with Crippen LogP contribution in [-0.2, 0) is 0 Å². The molecular weight excluding hydrogens is 270 g/mol. The SMILES string of the molecule is CC(c1ccc2ncsc2c1)c1nnc2cccnn12. The summed E-state index contributed by atoms with van der Waals surface area (Å²) >= 11 is 1.65. The van der Waals surface area contributed by atoms with Crippen LogP contribution in [0, 0.1) is 0 Å². The van der Waals surface area contributed by atoms with Crippen molar-refractivity contribution in [1.82, 2.24) is 24.8 Å². The second-order valence-electron chi connectivity index (χ2n) is 4.65. The van der Waals surface area contributed by atoms with E-state index in [9.17, 15) is 0 Å². The fourth-order valence-electron chi connectivity index (χ4n) is 2.32. The second kappa shape index (κ2) is 4.35. The van der Waals surface area contributed by atoms with Gasteiger partial charge >= 0.3 is 0 Å². The van der Waals surface area contributed by atoms with Gasteiger partial charge in [-0.15, -0.1) is 21.5 Å². The lowest BCUT2D eigenvalue weighted by Crippen LogP contribution is -2.04. The monoisotopic (exact) mass is 281 g/mol. The average Bonchev–Trinajstić information content (AvgIpc) is 3.12. The van der Waals surface area contributed by atoms with Crippen molar-refractivity contribution >= 4 is 27.2 Å². The van der Waals surface area contributed by atoms with E-state index in [0.717, 1.165) is 17.0 Å². The summed E-state index contributed by atoms with van der Waals surface area (Å²) in [4.78, 5) is 4.30. The third-order valence-corrected chi connectivity index (χ3v) is 4.24. The third-order valence-electron chi connectivity index (χ3n) is 3.45. The fraction of sp³-hybridized carbons (Fsp3) is 0.143. The Hall–Kier alpha value is -2.34. The van der Waals surface area contributed by atoms with Gasteiger partial charge in [-0.3, -0.25) is 0 Å². The molecule has 0 saturated carbocycles. The van der Waals surface area contributed by atoms with E-state index >= 15 is 0 Å². The van der Waals surface area contributed by atoms with Crippen molar-refractivity contribution in [2.45, 2.75) is 12.8 Å². The molecule has 0 saturated heterocycles. The van der Waals surface area contributed by atoms with Crippen molar-refractivity contribution in [1.29, 1.82) is 0 Å². The Labute approximate surface area is 118 Å². The van der Waals surface area contributed by atoms with Gasteiger partial charge in [0, 0.05) is 12.1 Å². The number of benzene rings is 1. The van der Waals surface area contributed by atoms with E-state index in [-0.39, 0.29) is 5.92 Å². The van der Waals surface area contributed by atoms with Crippen LogP contribution in [-0.4, -0.2) is 24.8 Å². The van der Waals surface area contributed by atoms with Gasteiger partial charge in [-0.1, -0.05) is 13.0 Å². The molecular formula is C14H11N5S. The smallest absolute Gasteiger partial charge is 0.177 e. The number of fused-ring (bicyclic) bond motifs is 2. The zero-order valence-corrected chi connectivity index (χ0v) is 11.6. The quantitative estimate of drug-likeness (QED) is 0.567. The largest absolute Gasteiger partial charge is 0.245 e. The van der Waals surface area contributed by atoms with E-state index in [2.05, 4.69) is 39.3 Å². The molecule has 4 rings (SSSR count). The third kappa shape index (κ3) is 1.69. The highest BCUT2D eigenvalue weighted by Crippen LogP contribution is 2.27. The first-order valence-electron chi connectivity index (χ1n) is 6.32. The second-order valence-corrected chi connectivity index (χ2v) is 5.54. The molecule has 0 spiro atoms. The van der Waals surface area contributed by atoms with Gasteiger partial charge < -0.3 is 0 Å². The van der Waals surface area contributed by atoms with Gasteiger partial charge in [0.25, 0.3) is 0 Å². The first kappa shape index (κ1) is 11.5. The summed E-state index contributed by atoms with van der Waals surface area (Å²) in [6, 6.07) is 10.1. The van der Waals surface area contributed by atoms with Gasteiger partial charge in [0.1, 0.15) is 0 Å². The number of thiazole rings is 1. The molecule has 0 aliphatic carbocycles. The molecule has 20 heavy (non-hydrogen) atoms. The number of nitrogens with zero attached hydrogens (tertiary/aromatic N) is 5. The highest BCUT2D eigenvalue weighted by Gasteiger charge is 2.16. The van der Waals surface area contributed by atoms with Crippen LogP contribution >= 0.6 is 11.3 Å². The van der Waals surface area contributed by atoms with Gasteiger partial charge in [0.05, 0.1) is 15.7 Å². The van der Waals surface area contributed by atoms with E-state index in [1.807, 2.05) is 23.7 Å². The van der Waals surface area contributed by atoms with Crippen LogP contribution < -0.4 is 0 Å². The summed E-state index contributed by atoms with van der Waals surface area (Å²) in [6.45, 7) is 2.12. The van der Waals surface area contributed by atoms with Gasteiger partial charge in [0.2, 0.25) is 0 Å². The lowest BCUT2D eigenvalue weighted by Gasteiger charge is -2.09. The van der Waals surface area contributed by atoms with E-state index in [1.54, 1.807) is 22.0 Å². The molecule has 0 bridgehead atoms. The van der Waals surface area contributed by atoms with Crippen molar-refractivity contribution in [3.05, 3.63) is 53.4 Å². The molecule has 1 atom stereocenters. The number of aromatic nitrogens is 5. The zero-order valence-electron chi connectivity index (χ0n) is 10.8. The molecule has 3 aromatic heterocycles. The normalized spacial score (nSPS) is 13.1. The molecule has 3 heterocycles. The van der Waals surface area contributed by atoms with Gasteiger partial charge in [-0.2, -0.15) is 9.61 Å². The van der Waals surface area contributed by atoms with Crippen LogP contribution in [0.2, 0.25) is 0 Å². The van der Waals surface area contributed by atoms with Crippen LogP contribution in [0.4, 0.5) is 0 Å². The van der Waals surface area contributed by atoms with Crippen LogP contribution in [0.1, 0.15) is 24.2 Å². The van der Waals surface area contributed by atoms with Crippen molar-refractivity contribution in [3.63, 3.8) is 0 Å². The van der Waals surface area contributed by atoms with E-state index in [1.165, 1.54) is 10.3 Å². The molecule has 0 fully saturated rings. The Morgan fingerprint density at radius 3 is 3.10 bits per heavy atom. The Balaban J connectivity index is 1.84. The highest BCUT2D eigenvalue weighted by molar-refractivity contribution is 7.16. The predicted octanol–water partition coefficient (Wildman–Crippen LogP) is 2.89. The molecule has 0 radical (unpaired) electrons. The molecule has 1 unspecified atom stereocenters. The number of hydrogen-bond donors (Lipinski definition) is 0. The van der Waals surface area contributed by atoms with Crippen molar-refractivity contribution in [2.75, 3.05) is 0 Å². The summed E-state index contributed by atoms with van der Waals surface area (Å²) < 4.78 is 2.98. The number of rotatable bonds is 2. The lowest BCUT2D eigenvalue weighted by molar-refractivity contribution is 0.751. The molecule has 98 valence electrons. The molecule has 0 aliphatic heterocycles. The molecule has 6 heteroatoms. The van der Waals surface area contributed by atoms with Crippen molar-refractivity contribution < 1.29 is 0 Å². The highest BCUT2D eigenvalue weighted by atomic mass is 32.1. The predicted molar refractivity (Wildman–Crippen MR) is 77.9 cm³/mol. The maximum absolute atomic E-state index is 4.32. The Bertz CT molecular complexity index is 895. The first-order valence-corrected chi connectivity index (χ1v) is 7.20. The summed E-state index contributed by atoms with van der Waals surface area (Å²) in [6.07, 6.45) is 1.75. The summed E-state index contributed by atoms with van der Waals surface area (Å²) in [5, 5.41) is 12.8. The summed E-state index contributed by atoms with van der Waals surface area (Å²) in [5.74, 6) is 0.982. The van der Waals surface area contributed by atoms with E-state index in [0.29, 0.717) is 0 Å². The summed E-state index contributed by atoms with van der Waals surface area (Å²) in [7, 11) is 0. The van der Waals surface area contributed by atoms with Gasteiger partial charge in [-0.05, 0) is 29.8 Å². The molecule has 1 aromatic carbocycles. The van der Waals surface area contributed by atoms with Gasteiger partial charge in [-0.25, -0.2) is 4.98 Å². The maximum atomic E-state index is 4.32. The lowest BCUT2D eigenvalue weighted by atomic mass is 10.0. The standard InChI is InChI=1S/C14H11N5S/c1-9(10-4-5-11-12(7-10)20-8-15-11)14-18-17-13-3-2-6-16-19(13)14/h2-9H,1H3.